The second-order valence-electron chi connectivity index (χ2n) is 3.53. The Morgan fingerprint density at radius 3 is 3.12 bits per heavy atom. The average molecular weight is 224 g/mol. The summed E-state index contributed by atoms with van der Waals surface area (Å²) in [5.74, 6) is 0.0237. The second-order valence-corrected chi connectivity index (χ2v) is 3.53. The van der Waals surface area contributed by atoms with Crippen LogP contribution in [0.4, 0.5) is 10.3 Å². The second kappa shape index (κ2) is 4.44. The molecule has 5 nitrogen and oxygen atoms in total. The maximum atomic E-state index is 12.9. The van der Waals surface area contributed by atoms with Crippen LogP contribution in [-0.4, -0.2) is 32.4 Å². The molecule has 2 rings (SSSR count). The van der Waals surface area contributed by atoms with Gasteiger partial charge in [0, 0.05) is 6.54 Å². The van der Waals surface area contributed by atoms with E-state index in [1.54, 1.807) is 6.07 Å². The normalized spacial score (nSPS) is 12.9. The number of rotatable bonds is 4. The van der Waals surface area contributed by atoms with E-state index in [-0.39, 0.29) is 5.82 Å². The summed E-state index contributed by atoms with van der Waals surface area (Å²) in [6, 6.07) is 2.87. The lowest BCUT2D eigenvalue weighted by molar-refractivity contribution is 0.183. The number of anilines is 1. The maximum absolute atomic E-state index is 12.9. The fraction of sp³-hybridized carbons (Fsp3) is 0.400. The summed E-state index contributed by atoms with van der Waals surface area (Å²) in [6.45, 7) is 2.27. The number of hydrogen-bond acceptors (Lipinski definition) is 4. The van der Waals surface area contributed by atoms with Crippen molar-refractivity contribution in [3.8, 4) is 0 Å². The molecular formula is C10H13FN4O. The average Bonchev–Trinajstić information content (AvgIpc) is 2.67. The van der Waals surface area contributed by atoms with Crippen LogP contribution in [0.3, 0.4) is 0 Å². The van der Waals surface area contributed by atoms with E-state index in [4.69, 9.17) is 0 Å². The summed E-state index contributed by atoms with van der Waals surface area (Å²) in [6.07, 6.45) is 1.49. The van der Waals surface area contributed by atoms with Crippen molar-refractivity contribution in [2.75, 3.05) is 11.9 Å². The van der Waals surface area contributed by atoms with Crippen molar-refractivity contribution in [1.29, 1.82) is 0 Å². The number of aromatic nitrogens is 3. The molecule has 6 heteroatoms. The zero-order valence-electron chi connectivity index (χ0n) is 8.89. The highest BCUT2D eigenvalue weighted by Crippen LogP contribution is 2.06. The molecule has 0 saturated carbocycles. The predicted octanol–water partition coefficient (Wildman–Crippen LogP) is 1.05. The van der Waals surface area contributed by atoms with Gasteiger partial charge in [-0.1, -0.05) is 6.92 Å². The van der Waals surface area contributed by atoms with Crippen molar-refractivity contribution < 1.29 is 9.50 Å². The summed E-state index contributed by atoms with van der Waals surface area (Å²) in [4.78, 5) is 4.12. The third-order valence-corrected chi connectivity index (χ3v) is 2.26. The van der Waals surface area contributed by atoms with Crippen molar-refractivity contribution in [3.63, 3.8) is 0 Å². The highest BCUT2D eigenvalue weighted by molar-refractivity contribution is 5.43. The number of pyridine rings is 1. The number of aliphatic hydroxyl groups is 1. The zero-order valence-corrected chi connectivity index (χ0v) is 8.89. The molecule has 2 heterocycles. The van der Waals surface area contributed by atoms with Gasteiger partial charge in [0.05, 0.1) is 12.3 Å². The minimum Gasteiger partial charge on any atom is -0.391 e. The lowest BCUT2D eigenvalue weighted by atomic mass is 10.3. The molecule has 1 unspecified atom stereocenters. The maximum Gasteiger partial charge on any atom is 0.243 e. The Balaban J connectivity index is 2.13. The summed E-state index contributed by atoms with van der Waals surface area (Å²) >= 11 is 0. The van der Waals surface area contributed by atoms with E-state index in [1.807, 2.05) is 6.92 Å². The van der Waals surface area contributed by atoms with E-state index in [0.29, 0.717) is 24.6 Å². The SMILES string of the molecule is CCC(O)CNc1nc2ccc(F)cn2n1. The number of halogens is 1. The first-order valence-electron chi connectivity index (χ1n) is 5.13. The number of nitrogens with zero attached hydrogens (tertiary/aromatic N) is 3. The minimum absolute atomic E-state index is 0.363. The standard InChI is InChI=1S/C10H13FN4O/c1-2-8(16)5-12-10-13-9-4-3-7(11)6-15(9)14-10/h3-4,6,8,16H,2,5H2,1H3,(H,12,14). The lowest BCUT2D eigenvalue weighted by Gasteiger charge is -2.06. The van der Waals surface area contributed by atoms with E-state index in [2.05, 4.69) is 15.4 Å². The molecule has 2 N–H and O–H groups in total. The van der Waals surface area contributed by atoms with Gasteiger partial charge in [0.15, 0.2) is 5.65 Å². The Morgan fingerprint density at radius 2 is 2.38 bits per heavy atom. The fourth-order valence-corrected chi connectivity index (χ4v) is 1.29. The van der Waals surface area contributed by atoms with Gasteiger partial charge in [0.2, 0.25) is 5.95 Å². The number of nitrogens with one attached hydrogen (secondary N) is 1. The van der Waals surface area contributed by atoms with Crippen LogP contribution in [0, 0.1) is 5.82 Å². The predicted molar refractivity (Wildman–Crippen MR) is 57.7 cm³/mol. The van der Waals surface area contributed by atoms with Crippen LogP contribution in [0.15, 0.2) is 18.3 Å². The monoisotopic (exact) mass is 224 g/mol. The van der Waals surface area contributed by atoms with Crippen LogP contribution >= 0.6 is 0 Å². The number of fused-ring (bicyclic) bond motifs is 1. The summed E-state index contributed by atoms with van der Waals surface area (Å²) in [5, 5.41) is 16.3. The van der Waals surface area contributed by atoms with Gasteiger partial charge in [0.25, 0.3) is 0 Å². The van der Waals surface area contributed by atoms with Crippen LogP contribution in [0.5, 0.6) is 0 Å². The molecule has 2 aromatic heterocycles. The zero-order chi connectivity index (χ0) is 11.5. The third kappa shape index (κ3) is 2.27. The summed E-state index contributed by atoms with van der Waals surface area (Å²) in [7, 11) is 0. The third-order valence-electron chi connectivity index (χ3n) is 2.26. The van der Waals surface area contributed by atoms with Gasteiger partial charge < -0.3 is 10.4 Å². The Hall–Kier alpha value is -1.69. The highest BCUT2D eigenvalue weighted by atomic mass is 19.1. The first-order chi connectivity index (χ1) is 7.69. The molecule has 0 radical (unpaired) electrons. The fourth-order valence-electron chi connectivity index (χ4n) is 1.29. The smallest absolute Gasteiger partial charge is 0.243 e. The molecular weight excluding hydrogens is 211 g/mol. The van der Waals surface area contributed by atoms with Crippen LogP contribution in [0.1, 0.15) is 13.3 Å². The first kappa shape index (κ1) is 10.8. The van der Waals surface area contributed by atoms with Gasteiger partial charge in [0.1, 0.15) is 5.82 Å². The van der Waals surface area contributed by atoms with E-state index in [1.165, 1.54) is 16.8 Å². The Bertz CT molecular complexity index is 485. The summed E-state index contributed by atoms with van der Waals surface area (Å²) in [5.41, 5.74) is 0.565. The summed E-state index contributed by atoms with van der Waals surface area (Å²) < 4.78 is 14.2. The van der Waals surface area contributed by atoms with Crippen molar-refractivity contribution in [1.82, 2.24) is 14.6 Å². The molecule has 0 fully saturated rings. The Kier molecular flexibility index (Phi) is 3.00. The number of hydrogen-bond donors (Lipinski definition) is 2. The van der Waals surface area contributed by atoms with Gasteiger partial charge in [-0.3, -0.25) is 0 Å². The molecule has 1 atom stereocenters. The molecule has 16 heavy (non-hydrogen) atoms. The molecule has 2 aromatic rings. The minimum atomic E-state index is -0.427. The topological polar surface area (TPSA) is 62.5 Å². The quantitative estimate of drug-likeness (QED) is 0.814. The molecule has 0 aromatic carbocycles. The van der Waals surface area contributed by atoms with Gasteiger partial charge in [-0.05, 0) is 18.6 Å². The van der Waals surface area contributed by atoms with Crippen molar-refractivity contribution >= 4 is 11.6 Å². The van der Waals surface area contributed by atoms with Gasteiger partial charge in [-0.15, -0.1) is 5.10 Å². The van der Waals surface area contributed by atoms with E-state index in [9.17, 15) is 9.50 Å². The van der Waals surface area contributed by atoms with Crippen LogP contribution in [0.25, 0.3) is 5.65 Å². The molecule has 86 valence electrons. The van der Waals surface area contributed by atoms with E-state index < -0.39 is 6.10 Å². The largest absolute Gasteiger partial charge is 0.391 e. The molecule has 0 spiro atoms. The first-order valence-corrected chi connectivity index (χ1v) is 5.13. The highest BCUT2D eigenvalue weighted by Gasteiger charge is 2.05. The molecule has 0 saturated heterocycles. The van der Waals surface area contributed by atoms with Crippen LogP contribution < -0.4 is 5.32 Å². The molecule has 0 bridgehead atoms. The van der Waals surface area contributed by atoms with Gasteiger partial charge >= 0.3 is 0 Å². The van der Waals surface area contributed by atoms with Crippen LogP contribution in [0.2, 0.25) is 0 Å². The molecule has 0 aliphatic heterocycles. The molecule has 0 amide bonds. The van der Waals surface area contributed by atoms with Gasteiger partial charge in [-0.25, -0.2) is 8.91 Å². The lowest BCUT2D eigenvalue weighted by Crippen LogP contribution is -2.18. The Labute approximate surface area is 91.9 Å². The van der Waals surface area contributed by atoms with Crippen molar-refractivity contribution in [2.45, 2.75) is 19.4 Å². The Morgan fingerprint density at radius 1 is 1.56 bits per heavy atom. The molecule has 0 aliphatic rings. The van der Waals surface area contributed by atoms with Crippen LogP contribution in [-0.2, 0) is 0 Å². The molecule has 0 aliphatic carbocycles. The number of aliphatic hydroxyl groups excluding tert-OH is 1. The van der Waals surface area contributed by atoms with Crippen molar-refractivity contribution in [2.24, 2.45) is 0 Å². The van der Waals surface area contributed by atoms with E-state index in [0.717, 1.165) is 0 Å². The van der Waals surface area contributed by atoms with Crippen molar-refractivity contribution in [3.05, 3.63) is 24.1 Å². The van der Waals surface area contributed by atoms with Gasteiger partial charge in [-0.2, -0.15) is 4.98 Å². The van der Waals surface area contributed by atoms with E-state index >= 15 is 0 Å².